The molecule has 1 heterocycles. The summed E-state index contributed by atoms with van der Waals surface area (Å²) in [5.41, 5.74) is 8.09. The van der Waals surface area contributed by atoms with Crippen molar-refractivity contribution in [3.63, 3.8) is 0 Å². The lowest BCUT2D eigenvalue weighted by molar-refractivity contribution is 0.0601. The maximum absolute atomic E-state index is 11.6. The van der Waals surface area contributed by atoms with E-state index < -0.39 is 0 Å². The van der Waals surface area contributed by atoms with Crippen LogP contribution in [0.5, 0.6) is 0 Å². The summed E-state index contributed by atoms with van der Waals surface area (Å²) in [6, 6.07) is 5.49. The van der Waals surface area contributed by atoms with Gasteiger partial charge in [0.15, 0.2) is 0 Å². The Morgan fingerprint density at radius 1 is 1.50 bits per heavy atom. The minimum atomic E-state index is -0.359. The van der Waals surface area contributed by atoms with Crippen LogP contribution in [-0.2, 0) is 4.74 Å². The van der Waals surface area contributed by atoms with E-state index in [2.05, 4.69) is 4.90 Å². The molecule has 1 aliphatic heterocycles. The second-order valence-corrected chi connectivity index (χ2v) is 5.12. The molecular formula is C15H22N2O3. The van der Waals surface area contributed by atoms with Crippen molar-refractivity contribution >= 4 is 17.3 Å². The number of nitrogens with two attached hydrogens (primary N) is 1. The summed E-state index contributed by atoms with van der Waals surface area (Å²) >= 11 is 0. The molecule has 110 valence electrons. The quantitative estimate of drug-likeness (QED) is 0.649. The zero-order chi connectivity index (χ0) is 14.5. The third-order valence-electron chi connectivity index (χ3n) is 3.85. The van der Waals surface area contributed by atoms with Gasteiger partial charge in [-0.1, -0.05) is 0 Å². The first-order valence-electron chi connectivity index (χ1n) is 7.02. The Kier molecular flexibility index (Phi) is 4.84. The van der Waals surface area contributed by atoms with Crippen LogP contribution in [0.3, 0.4) is 0 Å². The van der Waals surface area contributed by atoms with Crippen LogP contribution in [0.4, 0.5) is 11.4 Å². The third-order valence-corrected chi connectivity index (χ3v) is 3.85. The van der Waals surface area contributed by atoms with Crippen LogP contribution in [-0.4, -0.2) is 37.4 Å². The van der Waals surface area contributed by atoms with E-state index in [-0.39, 0.29) is 18.6 Å². The molecule has 0 spiro atoms. The van der Waals surface area contributed by atoms with Crippen LogP contribution in [0.2, 0.25) is 0 Å². The summed E-state index contributed by atoms with van der Waals surface area (Å²) in [6.07, 6.45) is 4.03. The molecule has 1 aromatic carbocycles. The predicted molar refractivity (Wildman–Crippen MR) is 78.9 cm³/mol. The maximum atomic E-state index is 11.6. The molecule has 0 aliphatic carbocycles. The number of esters is 1. The molecule has 1 aromatic rings. The molecule has 5 heteroatoms. The van der Waals surface area contributed by atoms with Crippen molar-refractivity contribution in [3.8, 4) is 0 Å². The molecule has 0 bridgehead atoms. The number of hydrogen-bond acceptors (Lipinski definition) is 5. The number of benzene rings is 1. The predicted octanol–water partition coefficient (Wildman–Crippen LogP) is 1.80. The second-order valence-electron chi connectivity index (χ2n) is 5.12. The Balaban J connectivity index is 2.31. The van der Waals surface area contributed by atoms with E-state index in [4.69, 9.17) is 10.5 Å². The van der Waals surface area contributed by atoms with Crippen molar-refractivity contribution < 1.29 is 14.6 Å². The number of hydrogen-bond donors (Lipinski definition) is 2. The van der Waals surface area contributed by atoms with Gasteiger partial charge in [-0.15, -0.1) is 0 Å². The molecule has 0 saturated carbocycles. The molecule has 1 atom stereocenters. The van der Waals surface area contributed by atoms with Crippen LogP contribution in [0.15, 0.2) is 18.2 Å². The Morgan fingerprint density at radius 3 is 3.00 bits per heavy atom. The average Bonchev–Trinajstić information content (AvgIpc) is 2.48. The maximum Gasteiger partial charge on any atom is 0.337 e. The molecule has 20 heavy (non-hydrogen) atoms. The molecule has 1 fully saturated rings. The van der Waals surface area contributed by atoms with Crippen molar-refractivity contribution in [2.45, 2.75) is 31.7 Å². The van der Waals surface area contributed by atoms with E-state index in [1.807, 2.05) is 0 Å². The molecule has 0 aromatic heterocycles. The first-order valence-corrected chi connectivity index (χ1v) is 7.02. The minimum Gasteiger partial charge on any atom is -0.465 e. The number of anilines is 2. The molecule has 0 amide bonds. The van der Waals surface area contributed by atoms with Gasteiger partial charge >= 0.3 is 5.97 Å². The first-order chi connectivity index (χ1) is 9.67. The van der Waals surface area contributed by atoms with Gasteiger partial charge in [0.1, 0.15) is 0 Å². The Bertz CT molecular complexity index is 474. The van der Waals surface area contributed by atoms with E-state index in [9.17, 15) is 9.90 Å². The van der Waals surface area contributed by atoms with E-state index in [1.165, 1.54) is 7.11 Å². The standard InChI is InChI=1S/C15H22N2O3/c1-20-15(19)11-5-6-13(16)14(10-11)17-8-3-2-4-12(17)7-9-18/h5-6,10,12,18H,2-4,7-9,16H2,1H3. The van der Waals surface area contributed by atoms with Gasteiger partial charge < -0.3 is 20.5 Å². The van der Waals surface area contributed by atoms with Crippen LogP contribution in [0.25, 0.3) is 0 Å². The van der Waals surface area contributed by atoms with Gasteiger partial charge in [0.05, 0.1) is 24.0 Å². The SMILES string of the molecule is COC(=O)c1ccc(N)c(N2CCCCC2CCO)c1. The fraction of sp³-hybridized carbons (Fsp3) is 0.533. The monoisotopic (exact) mass is 278 g/mol. The summed E-state index contributed by atoms with van der Waals surface area (Å²) in [7, 11) is 1.37. The zero-order valence-corrected chi connectivity index (χ0v) is 11.8. The topological polar surface area (TPSA) is 75.8 Å². The summed E-state index contributed by atoms with van der Waals surface area (Å²) < 4.78 is 4.75. The van der Waals surface area contributed by atoms with Crippen molar-refractivity contribution in [1.29, 1.82) is 0 Å². The molecule has 2 rings (SSSR count). The second kappa shape index (κ2) is 6.61. The van der Waals surface area contributed by atoms with E-state index in [0.717, 1.165) is 37.9 Å². The van der Waals surface area contributed by atoms with Crippen molar-refractivity contribution in [3.05, 3.63) is 23.8 Å². The van der Waals surface area contributed by atoms with Gasteiger partial charge in [-0.25, -0.2) is 4.79 Å². The zero-order valence-electron chi connectivity index (χ0n) is 11.8. The van der Waals surface area contributed by atoms with Gasteiger partial charge in [0.2, 0.25) is 0 Å². The molecule has 1 unspecified atom stereocenters. The van der Waals surface area contributed by atoms with E-state index >= 15 is 0 Å². The van der Waals surface area contributed by atoms with Gasteiger partial charge in [0.25, 0.3) is 0 Å². The smallest absolute Gasteiger partial charge is 0.337 e. The molecule has 0 radical (unpaired) electrons. The molecular weight excluding hydrogens is 256 g/mol. The van der Waals surface area contributed by atoms with Crippen molar-refractivity contribution in [2.75, 3.05) is 30.9 Å². The molecule has 1 saturated heterocycles. The number of carbonyl (C=O) groups is 1. The number of nitrogen functional groups attached to an aromatic ring is 1. The summed E-state index contributed by atoms with van der Waals surface area (Å²) in [4.78, 5) is 13.9. The van der Waals surface area contributed by atoms with Gasteiger partial charge in [0, 0.05) is 19.2 Å². The van der Waals surface area contributed by atoms with Gasteiger partial charge in [-0.3, -0.25) is 0 Å². The summed E-state index contributed by atoms with van der Waals surface area (Å²) in [6.45, 7) is 1.07. The van der Waals surface area contributed by atoms with Crippen LogP contribution < -0.4 is 10.6 Å². The van der Waals surface area contributed by atoms with Gasteiger partial charge in [-0.05, 0) is 43.9 Å². The molecule has 3 N–H and O–H groups in total. The first kappa shape index (κ1) is 14.7. The average molecular weight is 278 g/mol. The van der Waals surface area contributed by atoms with E-state index in [0.29, 0.717) is 11.3 Å². The number of aliphatic hydroxyl groups excluding tert-OH is 1. The highest BCUT2D eigenvalue weighted by Gasteiger charge is 2.24. The number of methoxy groups -OCH3 is 1. The number of piperidine rings is 1. The highest BCUT2D eigenvalue weighted by Crippen LogP contribution is 2.31. The normalized spacial score (nSPS) is 18.9. The van der Waals surface area contributed by atoms with Crippen LogP contribution in [0, 0.1) is 0 Å². The number of carbonyl (C=O) groups excluding carboxylic acids is 1. The lowest BCUT2D eigenvalue weighted by Gasteiger charge is -2.38. The summed E-state index contributed by atoms with van der Waals surface area (Å²) in [5.74, 6) is -0.359. The number of aliphatic hydroxyl groups is 1. The molecule has 1 aliphatic rings. The fourth-order valence-corrected chi connectivity index (χ4v) is 2.80. The van der Waals surface area contributed by atoms with Crippen molar-refractivity contribution in [2.24, 2.45) is 0 Å². The van der Waals surface area contributed by atoms with Crippen LogP contribution in [0.1, 0.15) is 36.0 Å². The molecule has 5 nitrogen and oxygen atoms in total. The lowest BCUT2D eigenvalue weighted by Crippen LogP contribution is -2.40. The minimum absolute atomic E-state index is 0.164. The number of nitrogens with zero attached hydrogens (tertiary/aromatic N) is 1. The third kappa shape index (κ3) is 3.04. The Hall–Kier alpha value is -1.75. The van der Waals surface area contributed by atoms with Crippen molar-refractivity contribution in [1.82, 2.24) is 0 Å². The lowest BCUT2D eigenvalue weighted by atomic mass is 9.98. The van der Waals surface area contributed by atoms with E-state index in [1.54, 1.807) is 18.2 Å². The Morgan fingerprint density at radius 2 is 2.30 bits per heavy atom. The summed E-state index contributed by atoms with van der Waals surface area (Å²) in [5, 5.41) is 9.20. The largest absolute Gasteiger partial charge is 0.465 e. The van der Waals surface area contributed by atoms with Crippen LogP contribution >= 0.6 is 0 Å². The van der Waals surface area contributed by atoms with Gasteiger partial charge in [-0.2, -0.15) is 0 Å². The highest BCUT2D eigenvalue weighted by atomic mass is 16.5. The number of rotatable bonds is 4. The fourth-order valence-electron chi connectivity index (χ4n) is 2.80. The Labute approximate surface area is 119 Å². The highest BCUT2D eigenvalue weighted by molar-refractivity contribution is 5.92. The number of ether oxygens (including phenoxy) is 1.